The van der Waals surface area contributed by atoms with Crippen LogP contribution in [0.25, 0.3) is 0 Å². The molecule has 4 heteroatoms. The van der Waals surface area contributed by atoms with E-state index in [2.05, 4.69) is 19.6 Å². The number of carbonyl (C=O) groups is 1. The Morgan fingerprint density at radius 1 is 1.48 bits per heavy atom. The van der Waals surface area contributed by atoms with Crippen molar-refractivity contribution in [3.8, 4) is 0 Å². The highest BCUT2D eigenvalue weighted by atomic mass is 32.2. The van der Waals surface area contributed by atoms with E-state index in [-0.39, 0.29) is 0 Å². The first-order valence-corrected chi connectivity index (χ1v) is 7.86. The van der Waals surface area contributed by atoms with E-state index in [0.717, 1.165) is 34.7 Å². The molecule has 1 aliphatic carbocycles. The van der Waals surface area contributed by atoms with Crippen LogP contribution in [0, 0.1) is 0 Å². The molecule has 0 saturated carbocycles. The van der Waals surface area contributed by atoms with Crippen molar-refractivity contribution in [3.63, 3.8) is 0 Å². The van der Waals surface area contributed by atoms with Crippen molar-refractivity contribution in [1.82, 2.24) is 0 Å². The largest absolute Gasteiger partial charge is 0.484 e. The molecule has 0 fully saturated rings. The van der Waals surface area contributed by atoms with Gasteiger partial charge in [-0.05, 0) is 44.6 Å². The second kappa shape index (κ2) is 8.25. The normalized spacial score (nSPS) is 15.5. The highest BCUT2D eigenvalue weighted by Crippen LogP contribution is 2.28. The van der Waals surface area contributed by atoms with Crippen LogP contribution in [-0.2, 0) is 14.3 Å². The summed E-state index contributed by atoms with van der Waals surface area (Å²) in [5.74, 6) is 1.64. The number of ether oxygens (including phenoxy) is 2. The lowest BCUT2D eigenvalue weighted by molar-refractivity contribution is -0.123. The Morgan fingerprint density at radius 3 is 2.81 bits per heavy atom. The van der Waals surface area contributed by atoms with E-state index in [4.69, 9.17) is 9.47 Å². The molecule has 21 heavy (non-hydrogen) atoms. The van der Waals surface area contributed by atoms with Gasteiger partial charge in [0.05, 0.1) is 6.61 Å². The fourth-order valence-corrected chi connectivity index (χ4v) is 2.71. The Hall–Kier alpha value is -1.26. The Morgan fingerprint density at radius 2 is 2.19 bits per heavy atom. The van der Waals surface area contributed by atoms with Crippen LogP contribution in [0.3, 0.4) is 0 Å². The smallest absolute Gasteiger partial charge is 0.162 e. The number of rotatable bonds is 8. The van der Waals surface area contributed by atoms with Gasteiger partial charge in [-0.3, -0.25) is 4.79 Å². The molecular formula is C17H24O3S. The summed E-state index contributed by atoms with van der Waals surface area (Å²) in [6.45, 7) is 10.1. The van der Waals surface area contributed by atoms with Crippen LogP contribution in [0.15, 0.2) is 46.6 Å². The SMILES string of the molecule is C=C(COC)CSC1=CC=C(OC(C)(C)C=O)CC(C)=C1. The van der Waals surface area contributed by atoms with Crippen molar-refractivity contribution in [3.05, 3.63) is 46.6 Å². The molecule has 0 spiro atoms. The number of aldehydes is 1. The molecule has 0 aromatic heterocycles. The summed E-state index contributed by atoms with van der Waals surface area (Å²) in [5.41, 5.74) is 1.47. The second-order valence-corrected chi connectivity index (χ2v) is 6.71. The maximum atomic E-state index is 11.0. The van der Waals surface area contributed by atoms with Crippen LogP contribution in [0.1, 0.15) is 27.2 Å². The maximum Gasteiger partial charge on any atom is 0.162 e. The van der Waals surface area contributed by atoms with Gasteiger partial charge >= 0.3 is 0 Å². The van der Waals surface area contributed by atoms with Gasteiger partial charge in [-0.15, -0.1) is 11.8 Å². The van der Waals surface area contributed by atoms with E-state index in [1.807, 2.05) is 12.2 Å². The van der Waals surface area contributed by atoms with Gasteiger partial charge in [0.1, 0.15) is 5.76 Å². The van der Waals surface area contributed by atoms with Crippen molar-refractivity contribution < 1.29 is 14.3 Å². The number of hydrogen-bond acceptors (Lipinski definition) is 4. The van der Waals surface area contributed by atoms with Crippen molar-refractivity contribution in [1.29, 1.82) is 0 Å². The molecule has 0 amide bonds. The molecule has 0 atom stereocenters. The number of methoxy groups -OCH3 is 1. The summed E-state index contributed by atoms with van der Waals surface area (Å²) in [6.07, 6.45) is 7.66. The summed E-state index contributed by atoms with van der Waals surface area (Å²) in [5, 5.41) is 0. The van der Waals surface area contributed by atoms with E-state index in [1.165, 1.54) is 5.57 Å². The van der Waals surface area contributed by atoms with Gasteiger partial charge in [-0.2, -0.15) is 0 Å². The molecule has 1 rings (SSSR count). The van der Waals surface area contributed by atoms with E-state index in [0.29, 0.717) is 6.61 Å². The van der Waals surface area contributed by atoms with Crippen LogP contribution in [0.4, 0.5) is 0 Å². The van der Waals surface area contributed by atoms with Gasteiger partial charge < -0.3 is 9.47 Å². The molecule has 0 aromatic carbocycles. The molecule has 1 aliphatic rings. The van der Waals surface area contributed by atoms with Gasteiger partial charge in [0.25, 0.3) is 0 Å². The Bertz CT molecular complexity index is 484. The van der Waals surface area contributed by atoms with Crippen LogP contribution >= 0.6 is 11.8 Å². The van der Waals surface area contributed by atoms with E-state index in [9.17, 15) is 4.79 Å². The summed E-state index contributed by atoms with van der Waals surface area (Å²) in [4.78, 5) is 12.1. The fourth-order valence-electron chi connectivity index (χ4n) is 1.80. The highest BCUT2D eigenvalue weighted by Gasteiger charge is 2.20. The first-order chi connectivity index (χ1) is 9.86. The van der Waals surface area contributed by atoms with Crippen molar-refractivity contribution >= 4 is 18.0 Å². The lowest BCUT2D eigenvalue weighted by Crippen LogP contribution is -2.25. The zero-order chi connectivity index (χ0) is 15.9. The number of hydrogen-bond donors (Lipinski definition) is 0. The average Bonchev–Trinajstić information content (AvgIpc) is 2.58. The Labute approximate surface area is 131 Å². The van der Waals surface area contributed by atoms with Crippen LogP contribution in [0.5, 0.6) is 0 Å². The molecular weight excluding hydrogens is 284 g/mol. The number of thioether (sulfide) groups is 1. The van der Waals surface area contributed by atoms with E-state index in [1.54, 1.807) is 32.7 Å². The third-order valence-electron chi connectivity index (χ3n) is 2.74. The minimum Gasteiger partial charge on any atom is -0.484 e. The van der Waals surface area contributed by atoms with Crippen molar-refractivity contribution in [2.45, 2.75) is 32.8 Å². The zero-order valence-electron chi connectivity index (χ0n) is 13.3. The molecule has 0 N–H and O–H groups in total. The Kier molecular flexibility index (Phi) is 6.99. The van der Waals surface area contributed by atoms with Gasteiger partial charge in [0.2, 0.25) is 0 Å². The molecule has 0 bridgehead atoms. The molecule has 0 unspecified atom stereocenters. The monoisotopic (exact) mass is 308 g/mol. The molecule has 0 aromatic rings. The molecule has 0 radical (unpaired) electrons. The van der Waals surface area contributed by atoms with Crippen LogP contribution < -0.4 is 0 Å². The quantitative estimate of drug-likeness (QED) is 0.501. The van der Waals surface area contributed by atoms with Gasteiger partial charge in [-0.25, -0.2) is 0 Å². The lowest BCUT2D eigenvalue weighted by atomic mass is 10.1. The minimum atomic E-state index is -0.787. The molecule has 0 saturated heterocycles. The summed E-state index contributed by atoms with van der Waals surface area (Å²) in [7, 11) is 1.67. The zero-order valence-corrected chi connectivity index (χ0v) is 14.1. The Balaban J connectivity index is 2.72. The molecule has 0 aliphatic heterocycles. The topological polar surface area (TPSA) is 35.5 Å². The van der Waals surface area contributed by atoms with Crippen LogP contribution in [-0.4, -0.2) is 31.4 Å². The molecule has 3 nitrogen and oxygen atoms in total. The highest BCUT2D eigenvalue weighted by molar-refractivity contribution is 8.03. The van der Waals surface area contributed by atoms with Crippen molar-refractivity contribution in [2.24, 2.45) is 0 Å². The molecule has 0 heterocycles. The second-order valence-electron chi connectivity index (χ2n) is 5.66. The van der Waals surface area contributed by atoms with Gasteiger partial charge in [0.15, 0.2) is 11.9 Å². The number of allylic oxidation sites excluding steroid dienone is 4. The van der Waals surface area contributed by atoms with Gasteiger partial charge in [-0.1, -0.05) is 12.2 Å². The predicted octanol–water partition coefficient (Wildman–Crippen LogP) is 4.03. The van der Waals surface area contributed by atoms with Crippen LogP contribution in [0.2, 0.25) is 0 Å². The molecule has 116 valence electrons. The minimum absolute atomic E-state index is 0.584. The third-order valence-corrected chi connectivity index (χ3v) is 3.88. The first-order valence-electron chi connectivity index (χ1n) is 6.88. The maximum absolute atomic E-state index is 11.0. The summed E-state index contributed by atoms with van der Waals surface area (Å²) < 4.78 is 10.8. The summed E-state index contributed by atoms with van der Waals surface area (Å²) in [6, 6.07) is 0. The van der Waals surface area contributed by atoms with Gasteiger partial charge in [0, 0.05) is 24.2 Å². The number of carbonyl (C=O) groups excluding carboxylic acids is 1. The fraction of sp³-hybridized carbons (Fsp3) is 0.471. The average molecular weight is 308 g/mol. The predicted molar refractivity (Wildman–Crippen MR) is 89.2 cm³/mol. The van der Waals surface area contributed by atoms with E-state index >= 15 is 0 Å². The first kappa shape index (κ1) is 17.8. The van der Waals surface area contributed by atoms with Crippen molar-refractivity contribution in [2.75, 3.05) is 19.5 Å². The summed E-state index contributed by atoms with van der Waals surface area (Å²) >= 11 is 1.72. The standard InChI is InChI=1S/C17H24O3S/c1-13-8-15(20-17(3,4)12-18)6-7-16(9-13)21-11-14(2)10-19-5/h6-7,9,12H,2,8,10-11H2,1,3-5H3. The lowest BCUT2D eigenvalue weighted by Gasteiger charge is -2.21. The third kappa shape index (κ3) is 6.82. The van der Waals surface area contributed by atoms with E-state index < -0.39 is 5.60 Å².